The average molecular weight is 612 g/mol. The van der Waals surface area contributed by atoms with Crippen LogP contribution in [0.2, 0.25) is 0 Å². The molecule has 0 heterocycles. The predicted molar refractivity (Wildman–Crippen MR) is 75.2 cm³/mol. The first kappa shape index (κ1) is 35.3. The summed E-state index contributed by atoms with van der Waals surface area (Å²) in [6.07, 6.45) is -49.5. The standard InChI is InChI=1S/C14H6F18O6/c1-6(36-5(35)3-2-4(33)34,37-7(9(15,16)17,10(18,19)20)11(21,22)23)38-8(12(24,25)26,13(27,28)29)14(30,31)32/h2-3H,1H3,(H,33,34)/b3-2-. The number of esters is 1. The van der Waals surface area contributed by atoms with Gasteiger partial charge < -0.3 is 9.84 Å². The van der Waals surface area contributed by atoms with E-state index in [1.54, 1.807) is 0 Å². The fourth-order valence-electron chi connectivity index (χ4n) is 2.29. The Balaban J connectivity index is 7.75. The van der Waals surface area contributed by atoms with Gasteiger partial charge in [0.1, 0.15) is 0 Å². The van der Waals surface area contributed by atoms with E-state index in [4.69, 9.17) is 5.11 Å². The number of carbonyl (C=O) groups excluding carboxylic acids is 1. The van der Waals surface area contributed by atoms with Crippen LogP contribution in [0.1, 0.15) is 6.92 Å². The SMILES string of the molecule is CC(OC(=O)/C=C\C(=O)O)(OC(C(F)(F)F)(C(F)(F)F)C(F)(F)F)OC(C(F)(F)F)(C(F)(F)F)C(F)(F)F. The molecular weight excluding hydrogens is 606 g/mol. The van der Waals surface area contributed by atoms with Crippen molar-refractivity contribution in [1.29, 1.82) is 0 Å². The zero-order valence-electron chi connectivity index (χ0n) is 16.9. The van der Waals surface area contributed by atoms with E-state index in [1.165, 1.54) is 0 Å². The smallest absolute Gasteiger partial charge is 0.436 e. The maximum absolute atomic E-state index is 13.1. The summed E-state index contributed by atoms with van der Waals surface area (Å²) >= 11 is 0. The summed E-state index contributed by atoms with van der Waals surface area (Å²) in [7, 11) is 0. The monoisotopic (exact) mass is 612 g/mol. The number of carboxylic acids is 1. The minimum Gasteiger partial charge on any atom is -0.478 e. The molecule has 0 rings (SSSR count). The van der Waals surface area contributed by atoms with E-state index in [-0.39, 0.29) is 0 Å². The van der Waals surface area contributed by atoms with E-state index in [2.05, 4.69) is 14.2 Å². The highest BCUT2D eigenvalue weighted by atomic mass is 19.4. The Labute approximate surface area is 194 Å². The van der Waals surface area contributed by atoms with E-state index in [0.29, 0.717) is 0 Å². The third-order valence-corrected chi connectivity index (χ3v) is 3.72. The molecule has 0 aliphatic rings. The van der Waals surface area contributed by atoms with Crippen LogP contribution in [0.4, 0.5) is 79.0 Å². The lowest BCUT2D eigenvalue weighted by molar-refractivity contribution is -0.563. The molecule has 0 aromatic carbocycles. The zero-order chi connectivity index (χ0) is 31.2. The van der Waals surface area contributed by atoms with Gasteiger partial charge >= 0.3 is 66.2 Å². The molecule has 38 heavy (non-hydrogen) atoms. The van der Waals surface area contributed by atoms with Crippen molar-refractivity contribution in [3.8, 4) is 0 Å². The second-order valence-corrected chi connectivity index (χ2v) is 6.51. The number of rotatable bonds is 7. The fourth-order valence-corrected chi connectivity index (χ4v) is 2.29. The van der Waals surface area contributed by atoms with Crippen LogP contribution in [0.15, 0.2) is 12.2 Å². The summed E-state index contributed by atoms with van der Waals surface area (Å²) < 4.78 is 244. The lowest BCUT2D eigenvalue weighted by Gasteiger charge is -2.47. The fraction of sp³-hybridized carbons (Fsp3) is 0.714. The first-order valence-corrected chi connectivity index (χ1v) is 8.17. The maximum atomic E-state index is 13.1. The van der Waals surface area contributed by atoms with E-state index in [9.17, 15) is 88.6 Å². The highest BCUT2D eigenvalue weighted by Gasteiger charge is 2.90. The number of carbonyl (C=O) groups is 2. The largest absolute Gasteiger partial charge is 0.478 e. The average Bonchev–Trinajstić information content (AvgIpc) is 2.56. The molecule has 224 valence electrons. The van der Waals surface area contributed by atoms with Crippen molar-refractivity contribution >= 4 is 11.9 Å². The Morgan fingerprint density at radius 1 is 0.526 bits per heavy atom. The number of aliphatic carboxylic acids is 1. The normalized spacial score (nSPS) is 15.7. The van der Waals surface area contributed by atoms with E-state index in [1.807, 2.05) is 0 Å². The van der Waals surface area contributed by atoms with Crippen LogP contribution in [0.3, 0.4) is 0 Å². The molecule has 0 unspecified atom stereocenters. The lowest BCUT2D eigenvalue weighted by atomic mass is 10.0. The van der Waals surface area contributed by atoms with Gasteiger partial charge in [-0.2, -0.15) is 79.0 Å². The van der Waals surface area contributed by atoms with Crippen LogP contribution < -0.4 is 0 Å². The molecule has 0 atom stereocenters. The Hall–Kier alpha value is -2.66. The number of hydrogen-bond donors (Lipinski definition) is 1. The van der Waals surface area contributed by atoms with E-state index < -0.39 is 85.2 Å². The first-order chi connectivity index (χ1) is 16.2. The second kappa shape index (κ2) is 9.82. The van der Waals surface area contributed by atoms with Crippen molar-refractivity contribution < 1.29 is 108 Å². The van der Waals surface area contributed by atoms with Crippen molar-refractivity contribution in [3.05, 3.63) is 12.2 Å². The van der Waals surface area contributed by atoms with Gasteiger partial charge in [0.2, 0.25) is 0 Å². The van der Waals surface area contributed by atoms with Gasteiger partial charge in [0.15, 0.2) is 0 Å². The molecule has 0 aliphatic carbocycles. The number of carboxylic acid groups (broad SMARTS) is 1. The molecular formula is C14H6F18O6. The number of hydrogen-bond acceptors (Lipinski definition) is 5. The van der Waals surface area contributed by atoms with Crippen LogP contribution in [0.25, 0.3) is 0 Å². The van der Waals surface area contributed by atoms with Crippen molar-refractivity contribution in [2.24, 2.45) is 0 Å². The molecule has 6 nitrogen and oxygen atoms in total. The molecule has 0 amide bonds. The summed E-state index contributed by atoms with van der Waals surface area (Å²) in [6, 6.07) is 0. The van der Waals surface area contributed by atoms with Gasteiger partial charge in [0, 0.05) is 19.1 Å². The summed E-state index contributed by atoms with van der Waals surface area (Å²) in [4.78, 5) is 21.7. The van der Waals surface area contributed by atoms with Crippen LogP contribution in [0.5, 0.6) is 0 Å². The van der Waals surface area contributed by atoms with Gasteiger partial charge in [-0.05, 0) is 0 Å². The Morgan fingerprint density at radius 2 is 0.763 bits per heavy atom. The highest BCUT2D eigenvalue weighted by Crippen LogP contribution is 2.60. The molecule has 0 aromatic heterocycles. The molecule has 0 saturated heterocycles. The maximum Gasteiger partial charge on any atom is 0.436 e. The summed E-state index contributed by atoms with van der Waals surface area (Å²) in [6.45, 7) is -1.35. The quantitative estimate of drug-likeness (QED) is 0.171. The molecule has 0 radical (unpaired) electrons. The first-order valence-electron chi connectivity index (χ1n) is 8.17. The number of ether oxygens (including phenoxy) is 3. The Bertz CT molecular complexity index is 775. The molecule has 1 N–H and O–H groups in total. The molecule has 0 bridgehead atoms. The van der Waals surface area contributed by atoms with Crippen molar-refractivity contribution in [2.45, 2.75) is 61.2 Å². The second-order valence-electron chi connectivity index (χ2n) is 6.51. The lowest BCUT2D eigenvalue weighted by Crippen LogP contribution is -2.74. The van der Waals surface area contributed by atoms with Crippen LogP contribution >= 0.6 is 0 Å². The summed E-state index contributed by atoms with van der Waals surface area (Å²) in [5, 5.41) is 8.22. The molecule has 0 fully saturated rings. The molecule has 24 heteroatoms. The molecule has 0 saturated carbocycles. The van der Waals surface area contributed by atoms with Gasteiger partial charge in [0.25, 0.3) is 0 Å². The van der Waals surface area contributed by atoms with Gasteiger partial charge in [0.05, 0.1) is 0 Å². The third-order valence-electron chi connectivity index (χ3n) is 3.72. The number of halogens is 18. The molecule has 0 aliphatic heterocycles. The number of alkyl halides is 18. The summed E-state index contributed by atoms with van der Waals surface area (Å²) in [5.74, 6) is -11.6. The predicted octanol–water partition coefficient (Wildman–Crippen LogP) is 5.73. The molecule has 0 aromatic rings. The van der Waals surface area contributed by atoms with Crippen molar-refractivity contribution in [3.63, 3.8) is 0 Å². The Kier molecular flexibility index (Phi) is 9.13. The zero-order valence-corrected chi connectivity index (χ0v) is 16.9. The van der Waals surface area contributed by atoms with Crippen molar-refractivity contribution in [2.75, 3.05) is 0 Å². The van der Waals surface area contributed by atoms with Gasteiger partial charge in [-0.1, -0.05) is 0 Å². The summed E-state index contributed by atoms with van der Waals surface area (Å²) in [5.41, 5.74) is -16.0. The van der Waals surface area contributed by atoms with E-state index in [0.717, 1.165) is 0 Å². The Morgan fingerprint density at radius 3 is 0.947 bits per heavy atom. The van der Waals surface area contributed by atoms with Gasteiger partial charge in [-0.25, -0.2) is 9.59 Å². The van der Waals surface area contributed by atoms with E-state index >= 15 is 0 Å². The third kappa shape index (κ3) is 6.48. The van der Waals surface area contributed by atoms with Crippen LogP contribution in [-0.2, 0) is 23.8 Å². The topological polar surface area (TPSA) is 82.1 Å². The van der Waals surface area contributed by atoms with Gasteiger partial charge in [-0.3, -0.25) is 9.47 Å². The highest BCUT2D eigenvalue weighted by molar-refractivity contribution is 5.90. The molecule has 0 spiro atoms. The van der Waals surface area contributed by atoms with Crippen LogP contribution in [0, 0.1) is 0 Å². The minimum atomic E-state index is -8.02. The van der Waals surface area contributed by atoms with Crippen LogP contribution in [-0.4, -0.2) is 71.3 Å². The van der Waals surface area contributed by atoms with Crippen molar-refractivity contribution in [1.82, 2.24) is 0 Å². The van der Waals surface area contributed by atoms with Gasteiger partial charge in [-0.15, -0.1) is 0 Å². The minimum absolute atomic E-state index is 0.572.